The molecule has 2 aromatic carbocycles. The van der Waals surface area contributed by atoms with Crippen LogP contribution in [-0.2, 0) is 0 Å². The van der Waals surface area contributed by atoms with E-state index in [9.17, 15) is 4.39 Å². The SMILES string of the molecule is CC(C)Oc1ccc(C(N)COc2ccc(F)cc2)cc1. The summed E-state index contributed by atoms with van der Waals surface area (Å²) in [6.45, 7) is 4.29. The van der Waals surface area contributed by atoms with Gasteiger partial charge in [-0.05, 0) is 55.8 Å². The van der Waals surface area contributed by atoms with E-state index < -0.39 is 0 Å². The molecule has 2 rings (SSSR count). The van der Waals surface area contributed by atoms with E-state index in [0.29, 0.717) is 12.4 Å². The molecule has 0 bridgehead atoms. The van der Waals surface area contributed by atoms with Gasteiger partial charge in [-0.1, -0.05) is 12.1 Å². The zero-order valence-electron chi connectivity index (χ0n) is 12.3. The Morgan fingerprint density at radius 3 is 2.10 bits per heavy atom. The summed E-state index contributed by atoms with van der Waals surface area (Å²) in [6, 6.07) is 13.3. The molecule has 1 unspecified atom stereocenters. The van der Waals surface area contributed by atoms with Crippen molar-refractivity contribution in [3.63, 3.8) is 0 Å². The fraction of sp³-hybridized carbons (Fsp3) is 0.294. The molecule has 0 spiro atoms. The Labute approximate surface area is 124 Å². The van der Waals surface area contributed by atoms with Gasteiger partial charge >= 0.3 is 0 Å². The highest BCUT2D eigenvalue weighted by molar-refractivity contribution is 5.29. The second-order valence-corrected chi connectivity index (χ2v) is 5.11. The van der Waals surface area contributed by atoms with Crippen LogP contribution in [0.3, 0.4) is 0 Å². The Balaban J connectivity index is 1.90. The molecule has 0 aliphatic rings. The molecule has 0 saturated carbocycles. The Morgan fingerprint density at radius 2 is 1.52 bits per heavy atom. The van der Waals surface area contributed by atoms with Gasteiger partial charge in [-0.2, -0.15) is 0 Å². The summed E-state index contributed by atoms with van der Waals surface area (Å²) in [5, 5.41) is 0. The minimum absolute atomic E-state index is 0.145. The number of benzene rings is 2. The first-order valence-corrected chi connectivity index (χ1v) is 6.95. The van der Waals surface area contributed by atoms with Crippen LogP contribution in [0.5, 0.6) is 11.5 Å². The van der Waals surface area contributed by atoms with E-state index in [2.05, 4.69) is 0 Å². The highest BCUT2D eigenvalue weighted by Gasteiger charge is 2.08. The van der Waals surface area contributed by atoms with Gasteiger partial charge in [0.1, 0.15) is 23.9 Å². The first-order chi connectivity index (χ1) is 10.0. The average Bonchev–Trinajstić information content (AvgIpc) is 2.46. The quantitative estimate of drug-likeness (QED) is 0.882. The molecular weight excluding hydrogens is 269 g/mol. The third kappa shape index (κ3) is 4.76. The Hall–Kier alpha value is -2.07. The average molecular weight is 289 g/mol. The van der Waals surface area contributed by atoms with E-state index in [1.165, 1.54) is 12.1 Å². The summed E-state index contributed by atoms with van der Waals surface area (Å²) < 4.78 is 23.9. The summed E-state index contributed by atoms with van der Waals surface area (Å²) in [7, 11) is 0. The lowest BCUT2D eigenvalue weighted by Crippen LogP contribution is -2.19. The Morgan fingerprint density at radius 1 is 0.952 bits per heavy atom. The minimum atomic E-state index is -0.285. The van der Waals surface area contributed by atoms with Gasteiger partial charge < -0.3 is 15.2 Å². The second kappa shape index (κ2) is 7.09. The van der Waals surface area contributed by atoms with Crippen LogP contribution in [0.25, 0.3) is 0 Å². The van der Waals surface area contributed by atoms with Crippen molar-refractivity contribution in [2.45, 2.75) is 26.0 Å². The topological polar surface area (TPSA) is 44.5 Å². The molecule has 0 fully saturated rings. The van der Waals surface area contributed by atoms with Crippen molar-refractivity contribution < 1.29 is 13.9 Å². The molecule has 0 heterocycles. The highest BCUT2D eigenvalue weighted by Crippen LogP contribution is 2.19. The van der Waals surface area contributed by atoms with E-state index in [0.717, 1.165) is 11.3 Å². The molecule has 1 atom stereocenters. The molecule has 0 aromatic heterocycles. The van der Waals surface area contributed by atoms with Gasteiger partial charge in [0, 0.05) is 0 Å². The second-order valence-electron chi connectivity index (χ2n) is 5.11. The minimum Gasteiger partial charge on any atom is -0.492 e. The predicted octanol–water partition coefficient (Wildman–Crippen LogP) is 3.69. The normalized spacial score (nSPS) is 12.2. The molecule has 0 aliphatic heterocycles. The van der Waals surface area contributed by atoms with Crippen molar-refractivity contribution in [2.24, 2.45) is 5.73 Å². The third-order valence-electron chi connectivity index (χ3n) is 2.92. The molecule has 0 saturated heterocycles. The van der Waals surface area contributed by atoms with Crippen molar-refractivity contribution in [1.82, 2.24) is 0 Å². The van der Waals surface area contributed by atoms with Crippen LogP contribution in [-0.4, -0.2) is 12.7 Å². The van der Waals surface area contributed by atoms with Gasteiger partial charge in [-0.25, -0.2) is 4.39 Å². The first kappa shape index (κ1) is 15.3. The predicted molar refractivity (Wildman–Crippen MR) is 81.0 cm³/mol. The van der Waals surface area contributed by atoms with Gasteiger partial charge in [0.2, 0.25) is 0 Å². The van der Waals surface area contributed by atoms with Crippen molar-refractivity contribution in [3.05, 3.63) is 59.9 Å². The van der Waals surface area contributed by atoms with Crippen molar-refractivity contribution in [3.8, 4) is 11.5 Å². The summed E-state index contributed by atoms with van der Waals surface area (Å²) in [4.78, 5) is 0. The van der Waals surface area contributed by atoms with Gasteiger partial charge in [0.25, 0.3) is 0 Å². The third-order valence-corrected chi connectivity index (χ3v) is 2.92. The van der Waals surface area contributed by atoms with Crippen molar-refractivity contribution >= 4 is 0 Å². The zero-order chi connectivity index (χ0) is 15.2. The maximum Gasteiger partial charge on any atom is 0.123 e. The Kier molecular flexibility index (Phi) is 5.17. The maximum absolute atomic E-state index is 12.8. The summed E-state index contributed by atoms with van der Waals surface area (Å²) in [6.07, 6.45) is 0.145. The molecule has 0 radical (unpaired) electrons. The molecule has 21 heavy (non-hydrogen) atoms. The smallest absolute Gasteiger partial charge is 0.123 e. The molecule has 0 aliphatic carbocycles. The van der Waals surface area contributed by atoms with E-state index in [-0.39, 0.29) is 18.0 Å². The number of nitrogens with two attached hydrogens (primary N) is 1. The van der Waals surface area contributed by atoms with E-state index in [1.807, 2.05) is 38.1 Å². The van der Waals surface area contributed by atoms with Crippen molar-refractivity contribution in [1.29, 1.82) is 0 Å². The van der Waals surface area contributed by atoms with Crippen LogP contribution in [0.1, 0.15) is 25.5 Å². The molecular formula is C17H20FNO2. The highest BCUT2D eigenvalue weighted by atomic mass is 19.1. The number of hydrogen-bond acceptors (Lipinski definition) is 3. The Bertz CT molecular complexity index is 552. The lowest BCUT2D eigenvalue weighted by molar-refractivity contribution is 0.242. The summed E-state index contributed by atoms with van der Waals surface area (Å²) in [5.41, 5.74) is 7.05. The molecule has 112 valence electrons. The number of ether oxygens (including phenoxy) is 2. The fourth-order valence-electron chi connectivity index (χ4n) is 1.88. The largest absolute Gasteiger partial charge is 0.492 e. The molecule has 0 amide bonds. The monoisotopic (exact) mass is 289 g/mol. The van der Waals surface area contributed by atoms with Gasteiger partial charge in [-0.3, -0.25) is 0 Å². The van der Waals surface area contributed by atoms with Crippen LogP contribution in [0.2, 0.25) is 0 Å². The van der Waals surface area contributed by atoms with E-state index in [1.54, 1.807) is 12.1 Å². The van der Waals surface area contributed by atoms with Crippen LogP contribution in [0, 0.1) is 5.82 Å². The molecule has 4 heteroatoms. The van der Waals surface area contributed by atoms with Gasteiger partial charge in [0.05, 0.1) is 12.1 Å². The lowest BCUT2D eigenvalue weighted by Gasteiger charge is -2.15. The van der Waals surface area contributed by atoms with Crippen LogP contribution in [0.15, 0.2) is 48.5 Å². The van der Waals surface area contributed by atoms with E-state index in [4.69, 9.17) is 15.2 Å². The number of rotatable bonds is 6. The van der Waals surface area contributed by atoms with Crippen molar-refractivity contribution in [2.75, 3.05) is 6.61 Å². The van der Waals surface area contributed by atoms with Crippen LogP contribution in [0.4, 0.5) is 4.39 Å². The maximum atomic E-state index is 12.8. The summed E-state index contributed by atoms with van der Waals surface area (Å²) in [5.74, 6) is 1.14. The standard InChI is InChI=1S/C17H20FNO2/c1-12(2)21-16-7-3-13(4-8-16)17(19)11-20-15-9-5-14(18)6-10-15/h3-10,12,17H,11,19H2,1-2H3. The molecule has 3 nitrogen and oxygen atoms in total. The first-order valence-electron chi connectivity index (χ1n) is 6.95. The van der Waals surface area contributed by atoms with Crippen LogP contribution < -0.4 is 15.2 Å². The molecule has 2 N–H and O–H groups in total. The summed E-state index contributed by atoms with van der Waals surface area (Å²) >= 11 is 0. The fourth-order valence-corrected chi connectivity index (χ4v) is 1.88. The van der Waals surface area contributed by atoms with E-state index >= 15 is 0 Å². The van der Waals surface area contributed by atoms with Gasteiger partial charge in [-0.15, -0.1) is 0 Å². The number of halogens is 1. The molecule has 2 aromatic rings. The zero-order valence-corrected chi connectivity index (χ0v) is 12.3. The lowest BCUT2D eigenvalue weighted by atomic mass is 10.1. The van der Waals surface area contributed by atoms with Crippen LogP contribution >= 0.6 is 0 Å². The van der Waals surface area contributed by atoms with Gasteiger partial charge in [0.15, 0.2) is 0 Å². The number of hydrogen-bond donors (Lipinski definition) is 1.